The fourth-order valence-electron chi connectivity index (χ4n) is 2.12. The van der Waals surface area contributed by atoms with Crippen molar-refractivity contribution in [3.63, 3.8) is 0 Å². The summed E-state index contributed by atoms with van der Waals surface area (Å²) >= 11 is 0. The number of anilines is 1. The molecule has 1 amide bonds. The number of methoxy groups -OCH3 is 1. The predicted octanol–water partition coefficient (Wildman–Crippen LogP) is 2.82. The lowest BCUT2D eigenvalue weighted by Crippen LogP contribution is -2.13. The molecule has 0 saturated carbocycles. The fourth-order valence-corrected chi connectivity index (χ4v) is 2.12. The molecule has 0 bridgehead atoms. The molecule has 2 heterocycles. The Hall–Kier alpha value is -2.82. The van der Waals surface area contributed by atoms with Crippen molar-refractivity contribution in [2.24, 2.45) is 0 Å². The number of ether oxygens (including phenoxy) is 1. The van der Waals surface area contributed by atoms with Crippen molar-refractivity contribution < 1.29 is 9.53 Å². The normalized spacial score (nSPS) is 10.4. The Kier molecular flexibility index (Phi) is 3.09. The summed E-state index contributed by atoms with van der Waals surface area (Å²) in [4.78, 5) is 19.5. The zero-order chi connectivity index (χ0) is 13.9. The van der Waals surface area contributed by atoms with E-state index in [0.717, 1.165) is 10.9 Å². The Morgan fingerprint density at radius 3 is 3.00 bits per heavy atom. The van der Waals surface area contributed by atoms with Gasteiger partial charge in [-0.2, -0.15) is 0 Å². The first-order chi connectivity index (χ1) is 9.79. The molecule has 0 spiro atoms. The highest BCUT2D eigenvalue weighted by molar-refractivity contribution is 6.12. The summed E-state index contributed by atoms with van der Waals surface area (Å²) in [5, 5.41) is 3.70. The summed E-state index contributed by atoms with van der Waals surface area (Å²) in [6.07, 6.45) is 3.42. The van der Waals surface area contributed by atoms with Gasteiger partial charge in [-0.05, 0) is 30.3 Å². The molecule has 100 valence electrons. The SMILES string of the molecule is COc1ncccc1NC(=O)c1cccc2[nH]ccc12. The van der Waals surface area contributed by atoms with Crippen molar-refractivity contribution in [2.45, 2.75) is 0 Å². The molecule has 2 N–H and O–H groups in total. The van der Waals surface area contributed by atoms with Crippen LogP contribution >= 0.6 is 0 Å². The number of hydrogen-bond acceptors (Lipinski definition) is 3. The second-order valence-corrected chi connectivity index (χ2v) is 4.26. The average Bonchev–Trinajstić information content (AvgIpc) is 2.96. The van der Waals surface area contributed by atoms with Gasteiger partial charge in [0.1, 0.15) is 5.69 Å². The molecule has 3 aromatic rings. The molecule has 0 aliphatic carbocycles. The van der Waals surface area contributed by atoms with Crippen molar-refractivity contribution in [1.29, 1.82) is 0 Å². The van der Waals surface area contributed by atoms with Gasteiger partial charge in [0.05, 0.1) is 7.11 Å². The first-order valence-electron chi connectivity index (χ1n) is 6.16. The topological polar surface area (TPSA) is 67.0 Å². The van der Waals surface area contributed by atoms with Gasteiger partial charge in [-0.15, -0.1) is 0 Å². The van der Waals surface area contributed by atoms with Gasteiger partial charge in [-0.25, -0.2) is 4.98 Å². The summed E-state index contributed by atoms with van der Waals surface area (Å²) in [6.45, 7) is 0. The molecular formula is C15H13N3O2. The summed E-state index contributed by atoms with van der Waals surface area (Å²) in [5.41, 5.74) is 2.08. The van der Waals surface area contributed by atoms with Gasteiger partial charge in [0.2, 0.25) is 5.88 Å². The molecule has 0 saturated heterocycles. The van der Waals surface area contributed by atoms with Gasteiger partial charge in [0.15, 0.2) is 0 Å². The van der Waals surface area contributed by atoms with Crippen LogP contribution in [0.4, 0.5) is 5.69 Å². The largest absolute Gasteiger partial charge is 0.480 e. The highest BCUT2D eigenvalue weighted by Gasteiger charge is 2.13. The van der Waals surface area contributed by atoms with Crippen LogP contribution in [0.3, 0.4) is 0 Å². The lowest BCUT2D eigenvalue weighted by atomic mass is 10.1. The number of carbonyl (C=O) groups excluding carboxylic acids is 1. The van der Waals surface area contributed by atoms with Crippen molar-refractivity contribution >= 4 is 22.5 Å². The monoisotopic (exact) mass is 267 g/mol. The molecule has 0 fully saturated rings. The van der Waals surface area contributed by atoms with Crippen LogP contribution in [0.2, 0.25) is 0 Å². The lowest BCUT2D eigenvalue weighted by molar-refractivity contribution is 0.102. The highest BCUT2D eigenvalue weighted by Crippen LogP contribution is 2.23. The minimum atomic E-state index is -0.193. The van der Waals surface area contributed by atoms with E-state index >= 15 is 0 Å². The van der Waals surface area contributed by atoms with Crippen LogP contribution in [0.1, 0.15) is 10.4 Å². The highest BCUT2D eigenvalue weighted by atomic mass is 16.5. The number of pyridine rings is 1. The van der Waals surface area contributed by atoms with E-state index in [1.165, 1.54) is 7.11 Å². The standard InChI is InChI=1S/C15H13N3O2/c1-20-15-13(6-3-8-17-15)18-14(19)11-4-2-5-12-10(11)7-9-16-12/h2-9,16H,1H3,(H,18,19). The van der Waals surface area contributed by atoms with Crippen molar-refractivity contribution in [1.82, 2.24) is 9.97 Å². The molecular weight excluding hydrogens is 254 g/mol. The Labute approximate surface area is 115 Å². The number of hydrogen-bond donors (Lipinski definition) is 2. The van der Waals surface area contributed by atoms with Gasteiger partial charge >= 0.3 is 0 Å². The molecule has 20 heavy (non-hydrogen) atoms. The van der Waals surface area contributed by atoms with Gasteiger partial charge in [0, 0.05) is 28.9 Å². The first-order valence-corrected chi connectivity index (χ1v) is 6.16. The third-order valence-electron chi connectivity index (χ3n) is 3.05. The number of nitrogens with zero attached hydrogens (tertiary/aromatic N) is 1. The second-order valence-electron chi connectivity index (χ2n) is 4.26. The number of carbonyl (C=O) groups is 1. The number of H-pyrrole nitrogens is 1. The van der Waals surface area contributed by atoms with Gasteiger partial charge in [-0.1, -0.05) is 6.07 Å². The maximum absolute atomic E-state index is 12.4. The lowest BCUT2D eigenvalue weighted by Gasteiger charge is -2.09. The summed E-state index contributed by atoms with van der Waals surface area (Å²) in [6, 6.07) is 10.9. The zero-order valence-electron chi connectivity index (χ0n) is 10.9. The van der Waals surface area contributed by atoms with E-state index < -0.39 is 0 Å². The van der Waals surface area contributed by atoms with E-state index in [9.17, 15) is 4.79 Å². The Morgan fingerprint density at radius 2 is 2.15 bits per heavy atom. The number of amides is 1. The van der Waals surface area contributed by atoms with E-state index in [1.807, 2.05) is 24.4 Å². The van der Waals surface area contributed by atoms with Gasteiger partial charge in [0.25, 0.3) is 5.91 Å². The van der Waals surface area contributed by atoms with Gasteiger partial charge in [-0.3, -0.25) is 4.79 Å². The molecule has 5 heteroatoms. The average molecular weight is 267 g/mol. The zero-order valence-corrected chi connectivity index (χ0v) is 10.9. The third-order valence-corrected chi connectivity index (χ3v) is 3.05. The van der Waals surface area contributed by atoms with Crippen LogP contribution < -0.4 is 10.1 Å². The van der Waals surface area contributed by atoms with Crippen LogP contribution in [0.5, 0.6) is 5.88 Å². The fraction of sp³-hybridized carbons (Fsp3) is 0.0667. The second kappa shape index (κ2) is 5.05. The number of rotatable bonds is 3. The summed E-state index contributed by atoms with van der Waals surface area (Å²) < 4.78 is 5.12. The quantitative estimate of drug-likeness (QED) is 0.766. The third kappa shape index (κ3) is 2.09. The number of nitrogens with one attached hydrogen (secondary N) is 2. The molecule has 0 radical (unpaired) electrons. The summed E-state index contributed by atoms with van der Waals surface area (Å²) in [5.74, 6) is 0.198. The number of aromatic nitrogens is 2. The maximum Gasteiger partial charge on any atom is 0.256 e. The van der Waals surface area contributed by atoms with E-state index in [-0.39, 0.29) is 5.91 Å². The minimum Gasteiger partial charge on any atom is -0.480 e. The molecule has 0 atom stereocenters. The molecule has 1 aromatic carbocycles. The molecule has 0 aliphatic heterocycles. The van der Waals surface area contributed by atoms with Crippen LogP contribution in [-0.4, -0.2) is 23.0 Å². The Bertz CT molecular complexity index is 764. The Morgan fingerprint density at radius 1 is 1.25 bits per heavy atom. The summed E-state index contributed by atoms with van der Waals surface area (Å²) in [7, 11) is 1.52. The first kappa shape index (κ1) is 12.2. The molecule has 2 aromatic heterocycles. The van der Waals surface area contributed by atoms with Crippen molar-refractivity contribution in [3.05, 3.63) is 54.4 Å². The number of benzene rings is 1. The molecule has 5 nitrogen and oxygen atoms in total. The molecule has 0 unspecified atom stereocenters. The van der Waals surface area contributed by atoms with E-state index in [4.69, 9.17) is 4.74 Å². The smallest absolute Gasteiger partial charge is 0.256 e. The van der Waals surface area contributed by atoms with Gasteiger partial charge < -0.3 is 15.0 Å². The minimum absolute atomic E-state index is 0.193. The molecule has 0 aliphatic rings. The number of aromatic amines is 1. The van der Waals surface area contributed by atoms with E-state index in [0.29, 0.717) is 17.1 Å². The number of fused-ring (bicyclic) bond motifs is 1. The van der Waals surface area contributed by atoms with Crippen LogP contribution in [-0.2, 0) is 0 Å². The van der Waals surface area contributed by atoms with E-state index in [2.05, 4.69) is 15.3 Å². The van der Waals surface area contributed by atoms with Crippen LogP contribution in [0.25, 0.3) is 10.9 Å². The van der Waals surface area contributed by atoms with Crippen molar-refractivity contribution in [3.8, 4) is 5.88 Å². The van der Waals surface area contributed by atoms with Crippen LogP contribution in [0.15, 0.2) is 48.8 Å². The van der Waals surface area contributed by atoms with E-state index in [1.54, 1.807) is 24.4 Å². The predicted molar refractivity (Wildman–Crippen MR) is 77.0 cm³/mol. The van der Waals surface area contributed by atoms with Crippen molar-refractivity contribution in [2.75, 3.05) is 12.4 Å². The Balaban J connectivity index is 1.95. The van der Waals surface area contributed by atoms with Crippen LogP contribution in [0, 0.1) is 0 Å². The maximum atomic E-state index is 12.4. The molecule has 3 rings (SSSR count).